The van der Waals surface area contributed by atoms with Gasteiger partial charge in [-0.05, 0) is 45.4 Å². The standard InChI is InChI=1S/C46H80NO10P/c1-6-7-8-9-10-11-12-13-14-18-21-24-31-36-45(50)54-40-44(41-56-58(52,53)55-39-38-47(3,4)5)57-46(51)37-32-25-22-19-16-15-17-20-23-29-34-43(49)35-30-27-26-28-33-42(2)48/h15-16,20,22-23,25,27-30,33-34,42-44,48-49H,6-14,17-19,21,24,26,31-32,35-41H2,1-5H3/p+1/b16-15+,23-20+,25-22+,30-27+,33-28-,34-29-. The summed E-state index contributed by atoms with van der Waals surface area (Å²) in [5.74, 6) is -0.944. The molecule has 11 nitrogen and oxygen atoms in total. The van der Waals surface area contributed by atoms with Gasteiger partial charge in [0.05, 0.1) is 40.0 Å². The zero-order valence-corrected chi connectivity index (χ0v) is 37.6. The summed E-state index contributed by atoms with van der Waals surface area (Å²) in [5.41, 5.74) is 0. The van der Waals surface area contributed by atoms with Crippen molar-refractivity contribution in [3.63, 3.8) is 0 Å². The monoisotopic (exact) mass is 839 g/mol. The fourth-order valence-corrected chi connectivity index (χ4v) is 6.17. The van der Waals surface area contributed by atoms with Crippen molar-refractivity contribution in [2.24, 2.45) is 0 Å². The van der Waals surface area contributed by atoms with E-state index in [9.17, 15) is 29.3 Å². The van der Waals surface area contributed by atoms with Crippen molar-refractivity contribution in [3.8, 4) is 0 Å². The van der Waals surface area contributed by atoms with Crippen LogP contribution in [-0.2, 0) is 32.7 Å². The fourth-order valence-electron chi connectivity index (χ4n) is 5.43. The first kappa shape index (κ1) is 55.4. The third-order valence-corrected chi connectivity index (χ3v) is 9.84. The third kappa shape index (κ3) is 41.5. The Bertz CT molecular complexity index is 1250. The van der Waals surface area contributed by atoms with Crippen molar-refractivity contribution in [2.45, 2.75) is 161 Å². The lowest BCUT2D eigenvalue weighted by Gasteiger charge is -2.24. The number of hydrogen-bond acceptors (Lipinski definition) is 9. The molecule has 0 radical (unpaired) electrons. The summed E-state index contributed by atoms with van der Waals surface area (Å²) in [7, 11) is 1.37. The number of phosphoric ester groups is 1. The fraction of sp³-hybridized carbons (Fsp3) is 0.696. The van der Waals surface area contributed by atoms with E-state index < -0.39 is 44.7 Å². The quantitative estimate of drug-likeness (QED) is 0.0137. The van der Waals surface area contributed by atoms with Crippen LogP contribution in [0.15, 0.2) is 72.9 Å². The molecule has 58 heavy (non-hydrogen) atoms. The maximum absolute atomic E-state index is 12.7. The van der Waals surface area contributed by atoms with Crippen molar-refractivity contribution in [1.82, 2.24) is 0 Å². The first-order valence-corrected chi connectivity index (χ1v) is 23.3. The van der Waals surface area contributed by atoms with Crippen molar-refractivity contribution in [2.75, 3.05) is 47.5 Å². The lowest BCUT2D eigenvalue weighted by atomic mass is 10.0. The zero-order chi connectivity index (χ0) is 43.2. The van der Waals surface area contributed by atoms with Gasteiger partial charge >= 0.3 is 19.8 Å². The summed E-state index contributed by atoms with van der Waals surface area (Å²) >= 11 is 0. The van der Waals surface area contributed by atoms with Crippen molar-refractivity contribution >= 4 is 19.8 Å². The molecule has 0 aliphatic rings. The van der Waals surface area contributed by atoms with Crippen LogP contribution in [0, 0.1) is 0 Å². The number of nitrogens with zero attached hydrogens (tertiary/aromatic N) is 1. The van der Waals surface area contributed by atoms with Gasteiger partial charge in [0, 0.05) is 12.8 Å². The molecule has 3 N–H and O–H groups in total. The highest BCUT2D eigenvalue weighted by atomic mass is 31.2. The van der Waals surface area contributed by atoms with E-state index in [4.69, 9.17) is 18.5 Å². The number of ether oxygens (including phenoxy) is 2. The van der Waals surface area contributed by atoms with E-state index >= 15 is 0 Å². The summed E-state index contributed by atoms with van der Waals surface area (Å²) in [6.07, 6.45) is 39.9. The molecule has 0 aliphatic carbocycles. The van der Waals surface area contributed by atoms with Gasteiger partial charge in [-0.15, -0.1) is 0 Å². The van der Waals surface area contributed by atoms with Gasteiger partial charge in [-0.1, -0.05) is 157 Å². The lowest BCUT2D eigenvalue weighted by molar-refractivity contribution is -0.870. The van der Waals surface area contributed by atoms with Gasteiger partial charge in [0.2, 0.25) is 0 Å². The maximum atomic E-state index is 12.7. The molecule has 334 valence electrons. The van der Waals surface area contributed by atoms with E-state index in [1.165, 1.54) is 64.2 Å². The predicted octanol–water partition coefficient (Wildman–Crippen LogP) is 10.2. The highest BCUT2D eigenvalue weighted by Gasteiger charge is 2.27. The molecule has 0 aliphatic heterocycles. The topological polar surface area (TPSA) is 149 Å². The number of rotatable bonds is 38. The van der Waals surface area contributed by atoms with Gasteiger partial charge in [-0.2, -0.15) is 0 Å². The van der Waals surface area contributed by atoms with Crippen LogP contribution < -0.4 is 0 Å². The summed E-state index contributed by atoms with van der Waals surface area (Å²) in [6.45, 7) is 3.69. The number of aliphatic hydroxyl groups is 2. The smallest absolute Gasteiger partial charge is 0.462 e. The number of likely N-dealkylation sites (N-methyl/N-ethyl adjacent to an activating group) is 1. The molecular weight excluding hydrogens is 757 g/mol. The molecule has 0 aromatic rings. The number of hydrogen-bond donors (Lipinski definition) is 3. The normalized spacial score (nSPS) is 15.4. The Morgan fingerprint density at radius 2 is 1.22 bits per heavy atom. The van der Waals surface area contributed by atoms with E-state index in [2.05, 4.69) is 6.92 Å². The van der Waals surface area contributed by atoms with Crippen LogP contribution in [-0.4, -0.2) is 97.3 Å². The number of quaternary nitrogens is 1. The molecule has 0 fully saturated rings. The van der Waals surface area contributed by atoms with E-state index in [1.807, 2.05) is 81.9 Å². The Hall–Kier alpha value is -2.63. The molecule has 0 aromatic carbocycles. The molecule has 0 saturated heterocycles. The largest absolute Gasteiger partial charge is 0.472 e. The predicted molar refractivity (Wildman–Crippen MR) is 236 cm³/mol. The van der Waals surface area contributed by atoms with E-state index in [0.717, 1.165) is 25.7 Å². The molecule has 12 heteroatoms. The lowest BCUT2D eigenvalue weighted by Crippen LogP contribution is -2.37. The average Bonchev–Trinajstić information content (AvgIpc) is 3.15. The molecule has 0 bridgehead atoms. The van der Waals surface area contributed by atoms with E-state index in [-0.39, 0.29) is 26.1 Å². The number of carbonyl (C=O) groups is 2. The van der Waals surface area contributed by atoms with Crippen LogP contribution in [0.3, 0.4) is 0 Å². The minimum Gasteiger partial charge on any atom is -0.462 e. The van der Waals surface area contributed by atoms with Crippen LogP contribution in [0.25, 0.3) is 0 Å². The Kier molecular flexibility index (Phi) is 35.7. The molecule has 0 heterocycles. The number of unbranched alkanes of at least 4 members (excludes halogenated alkanes) is 12. The first-order valence-electron chi connectivity index (χ1n) is 21.8. The summed E-state index contributed by atoms with van der Waals surface area (Å²) in [6, 6.07) is 0. The second-order valence-corrected chi connectivity index (χ2v) is 17.3. The Labute approximate surface area is 352 Å². The SMILES string of the molecule is CCCCCCCCCCCCCCCC(=O)OCC(COP(=O)(O)OCC[N+](C)(C)C)OC(=O)CC/C=C/C/C=C/C/C=C/C=C\C(O)C/C=C/C/C=C\C(C)O. The highest BCUT2D eigenvalue weighted by Crippen LogP contribution is 2.43. The number of aliphatic hydroxyl groups excluding tert-OH is 2. The number of phosphoric acid groups is 1. The Morgan fingerprint density at radius 3 is 1.84 bits per heavy atom. The number of allylic oxidation sites excluding steroid dienone is 9. The van der Waals surface area contributed by atoms with E-state index in [1.54, 1.807) is 19.1 Å². The van der Waals surface area contributed by atoms with Crippen LogP contribution in [0.4, 0.5) is 0 Å². The Balaban J connectivity index is 4.57. The summed E-state index contributed by atoms with van der Waals surface area (Å²) in [5, 5.41) is 19.2. The van der Waals surface area contributed by atoms with Crippen molar-refractivity contribution < 1.29 is 52.3 Å². The van der Waals surface area contributed by atoms with E-state index in [0.29, 0.717) is 36.7 Å². The molecule has 0 saturated carbocycles. The van der Waals surface area contributed by atoms with Gasteiger partial charge < -0.3 is 29.1 Å². The zero-order valence-electron chi connectivity index (χ0n) is 36.7. The number of esters is 2. The molecule has 0 spiro atoms. The highest BCUT2D eigenvalue weighted by molar-refractivity contribution is 7.47. The molecule has 4 unspecified atom stereocenters. The van der Waals surface area contributed by atoms with Crippen molar-refractivity contribution in [1.29, 1.82) is 0 Å². The molecule has 0 rings (SSSR count). The van der Waals surface area contributed by atoms with Gasteiger partial charge in [-0.3, -0.25) is 18.6 Å². The van der Waals surface area contributed by atoms with Crippen LogP contribution >= 0.6 is 7.82 Å². The van der Waals surface area contributed by atoms with Crippen LogP contribution in [0.5, 0.6) is 0 Å². The minimum absolute atomic E-state index is 0.00137. The number of carbonyl (C=O) groups excluding carboxylic acids is 2. The molecule has 0 aromatic heterocycles. The molecule has 0 amide bonds. The Morgan fingerprint density at radius 1 is 0.655 bits per heavy atom. The second-order valence-electron chi connectivity index (χ2n) is 15.8. The molecular formula is C46H81NO10P+. The maximum Gasteiger partial charge on any atom is 0.472 e. The van der Waals surface area contributed by atoms with Gasteiger partial charge in [0.15, 0.2) is 6.10 Å². The first-order chi connectivity index (χ1) is 27.7. The van der Waals surface area contributed by atoms with Crippen molar-refractivity contribution in [3.05, 3.63) is 72.9 Å². The van der Waals surface area contributed by atoms with Crippen LogP contribution in [0.2, 0.25) is 0 Å². The van der Waals surface area contributed by atoms with Gasteiger partial charge in [0.25, 0.3) is 0 Å². The third-order valence-electron chi connectivity index (χ3n) is 8.86. The summed E-state index contributed by atoms with van der Waals surface area (Å²) in [4.78, 5) is 35.3. The minimum atomic E-state index is -4.41. The van der Waals surface area contributed by atoms with Gasteiger partial charge in [0.1, 0.15) is 19.8 Å². The average molecular weight is 839 g/mol. The molecule has 4 atom stereocenters. The van der Waals surface area contributed by atoms with Crippen LogP contribution in [0.1, 0.15) is 142 Å². The second kappa shape index (κ2) is 37.4. The summed E-state index contributed by atoms with van der Waals surface area (Å²) < 4.78 is 34.1. The van der Waals surface area contributed by atoms with Gasteiger partial charge in [-0.25, -0.2) is 4.57 Å².